The highest BCUT2D eigenvalue weighted by Gasteiger charge is 2.42. The van der Waals surface area contributed by atoms with Crippen molar-refractivity contribution in [2.45, 2.75) is 71.8 Å². The predicted octanol–water partition coefficient (Wildman–Crippen LogP) is 4.19. The fourth-order valence-electron chi connectivity index (χ4n) is 3.12. The minimum absolute atomic E-state index is 0.137. The lowest BCUT2D eigenvalue weighted by atomic mass is 9.99. The smallest absolute Gasteiger partial charge is 0.379 e. The normalized spacial score (nSPS) is 22.6. The molecule has 0 aromatic carbocycles. The first-order valence-corrected chi connectivity index (χ1v) is 14.5. The summed E-state index contributed by atoms with van der Waals surface area (Å²) in [6, 6.07) is 0.694. The molecule has 7 nitrogen and oxygen atoms in total. The van der Waals surface area contributed by atoms with E-state index in [1.807, 2.05) is 0 Å². The van der Waals surface area contributed by atoms with Crippen LogP contribution in [0.2, 0.25) is 6.04 Å². The van der Waals surface area contributed by atoms with Gasteiger partial charge in [0.2, 0.25) is 0 Å². The van der Waals surface area contributed by atoms with Crippen LogP contribution in [0.25, 0.3) is 0 Å². The van der Waals surface area contributed by atoms with Gasteiger partial charge in [0.25, 0.3) is 0 Å². The van der Waals surface area contributed by atoms with Crippen LogP contribution in [-0.2, 0) is 27.6 Å². The summed E-state index contributed by atoms with van der Waals surface area (Å²) in [6.45, 7) is 10.3. The van der Waals surface area contributed by atoms with E-state index in [-0.39, 0.29) is 5.12 Å². The Hall–Kier alpha value is -0.00312. The van der Waals surface area contributed by atoms with Gasteiger partial charge in [-0.05, 0) is 31.6 Å². The molecule has 1 N–H and O–H groups in total. The third-order valence-corrected chi connectivity index (χ3v) is 8.52. The number of thioether (sulfide) groups is 1. The molecule has 1 heterocycles. The van der Waals surface area contributed by atoms with Gasteiger partial charge in [0.1, 0.15) is 0 Å². The number of nitrogens with one attached hydrogen (secondary N) is 1. The number of ether oxygens (including phenoxy) is 2. The zero-order chi connectivity index (χ0) is 21.9. The average molecular weight is 466 g/mol. The monoisotopic (exact) mass is 465 g/mol. The molecule has 1 saturated heterocycles. The molecule has 0 aromatic heterocycles. The van der Waals surface area contributed by atoms with E-state index in [1.165, 1.54) is 31.0 Å². The molecule has 0 aliphatic carbocycles. The van der Waals surface area contributed by atoms with Crippen molar-refractivity contribution < 1.29 is 27.6 Å². The zero-order valence-electron chi connectivity index (χ0n) is 19.2. The number of carbonyl (C=O) groups excluding carboxylic acids is 1. The van der Waals surface area contributed by atoms with Crippen LogP contribution < -0.4 is 5.48 Å². The molecule has 1 fully saturated rings. The molecule has 0 radical (unpaired) electrons. The van der Waals surface area contributed by atoms with E-state index in [1.54, 1.807) is 6.92 Å². The predicted molar refractivity (Wildman–Crippen MR) is 123 cm³/mol. The van der Waals surface area contributed by atoms with Crippen LogP contribution in [0.5, 0.6) is 0 Å². The number of hydrogen-bond acceptors (Lipinski definition) is 8. The van der Waals surface area contributed by atoms with Gasteiger partial charge in [0, 0.05) is 38.5 Å². The molecule has 0 aromatic rings. The van der Waals surface area contributed by atoms with Crippen molar-refractivity contribution in [2.24, 2.45) is 5.92 Å². The van der Waals surface area contributed by atoms with Gasteiger partial charge in [0.15, 0.2) is 5.12 Å². The zero-order valence-corrected chi connectivity index (χ0v) is 21.1. The van der Waals surface area contributed by atoms with Gasteiger partial charge in [-0.2, -0.15) is 0 Å². The van der Waals surface area contributed by atoms with Gasteiger partial charge in [-0.3, -0.25) is 9.32 Å². The molecule has 0 saturated carbocycles. The second-order valence-corrected chi connectivity index (χ2v) is 11.6. The Kier molecular flexibility index (Phi) is 17.3. The van der Waals surface area contributed by atoms with Crippen molar-refractivity contribution in [2.75, 3.05) is 51.9 Å². The fourth-order valence-corrected chi connectivity index (χ4v) is 6.28. The minimum atomic E-state index is -2.83. The van der Waals surface area contributed by atoms with E-state index in [4.69, 9.17) is 22.9 Å². The summed E-state index contributed by atoms with van der Waals surface area (Å²) in [7, 11) is -2.83. The van der Waals surface area contributed by atoms with Crippen LogP contribution in [0, 0.1) is 5.92 Å². The van der Waals surface area contributed by atoms with Crippen LogP contribution in [0.15, 0.2) is 0 Å². The Morgan fingerprint density at radius 1 is 1.07 bits per heavy atom. The Balaban J connectivity index is 2.38. The van der Waals surface area contributed by atoms with Gasteiger partial charge in [-0.1, -0.05) is 44.9 Å². The van der Waals surface area contributed by atoms with Crippen molar-refractivity contribution in [3.05, 3.63) is 0 Å². The summed E-state index contributed by atoms with van der Waals surface area (Å²) >= 11 is 1.34. The molecule has 0 bridgehead atoms. The van der Waals surface area contributed by atoms with Crippen molar-refractivity contribution >= 4 is 25.7 Å². The second kappa shape index (κ2) is 18.6. The van der Waals surface area contributed by atoms with Gasteiger partial charge < -0.3 is 18.3 Å². The summed E-state index contributed by atoms with van der Waals surface area (Å²) in [6.07, 6.45) is 7.69. The number of carbonyl (C=O) groups is 1. The van der Waals surface area contributed by atoms with Crippen LogP contribution in [-0.4, -0.2) is 65.9 Å². The molecule has 0 spiro atoms. The van der Waals surface area contributed by atoms with E-state index in [2.05, 4.69) is 19.3 Å². The Morgan fingerprint density at radius 3 is 2.53 bits per heavy atom. The fraction of sp³-hybridized carbons (Fsp3) is 0.952. The molecule has 1 rings (SSSR count). The summed E-state index contributed by atoms with van der Waals surface area (Å²) in [4.78, 5) is 11.2. The van der Waals surface area contributed by atoms with E-state index >= 15 is 0 Å². The Morgan fingerprint density at radius 2 is 1.80 bits per heavy atom. The second-order valence-electron chi connectivity index (χ2n) is 7.65. The SMILES string of the molecule is CCCCOCCOCCO[Si]1(CCCSC(C)=O)OCCC(CCCC)CNO1. The summed E-state index contributed by atoms with van der Waals surface area (Å²) < 4.78 is 29.5. The number of hydrogen-bond donors (Lipinski definition) is 1. The van der Waals surface area contributed by atoms with Crippen molar-refractivity contribution in [1.29, 1.82) is 0 Å². The van der Waals surface area contributed by atoms with Crippen molar-refractivity contribution in [3.8, 4) is 0 Å². The van der Waals surface area contributed by atoms with Crippen molar-refractivity contribution in [1.82, 2.24) is 5.48 Å². The highest BCUT2D eigenvalue weighted by molar-refractivity contribution is 8.13. The molecule has 1 aliphatic heterocycles. The van der Waals surface area contributed by atoms with Crippen molar-refractivity contribution in [3.63, 3.8) is 0 Å². The van der Waals surface area contributed by atoms with Gasteiger partial charge in [0.05, 0.1) is 26.4 Å². The third-order valence-electron chi connectivity index (χ3n) is 4.91. The molecule has 1 aliphatic rings. The molecular formula is C21H43NO6SSi. The first-order valence-electron chi connectivity index (χ1n) is 11.6. The number of unbranched alkanes of at least 4 members (excludes halogenated alkanes) is 2. The largest absolute Gasteiger partial charge is 0.518 e. The number of rotatable bonds is 17. The van der Waals surface area contributed by atoms with E-state index < -0.39 is 8.80 Å². The number of hydroxylamine groups is 1. The topological polar surface area (TPSA) is 75.3 Å². The lowest BCUT2D eigenvalue weighted by Crippen LogP contribution is -2.52. The van der Waals surface area contributed by atoms with E-state index in [0.29, 0.717) is 45.0 Å². The highest BCUT2D eigenvalue weighted by atomic mass is 32.2. The van der Waals surface area contributed by atoms with Gasteiger partial charge >= 0.3 is 8.80 Å². The molecule has 9 heteroatoms. The molecule has 2 unspecified atom stereocenters. The Labute approximate surface area is 188 Å². The van der Waals surface area contributed by atoms with Gasteiger partial charge in [-0.15, -0.1) is 0 Å². The molecule has 2 atom stereocenters. The summed E-state index contributed by atoms with van der Waals surface area (Å²) in [5.41, 5.74) is 3.14. The maximum absolute atomic E-state index is 11.2. The van der Waals surface area contributed by atoms with E-state index in [9.17, 15) is 4.79 Å². The molecular weight excluding hydrogens is 422 g/mol. The summed E-state index contributed by atoms with van der Waals surface area (Å²) in [5, 5.41) is 0.137. The standard InChI is InChI=1S/C21H43NO6SSi/c1-4-6-9-21-10-12-26-30(28-22-19-21,18-8-17-29-20(3)23)27-16-15-25-14-13-24-11-7-5-2/h21-22H,4-19H2,1-3H3. The third kappa shape index (κ3) is 14.1. The molecule has 30 heavy (non-hydrogen) atoms. The first-order chi connectivity index (χ1) is 14.6. The first kappa shape index (κ1) is 28.0. The molecule has 0 amide bonds. The minimum Gasteiger partial charge on any atom is -0.379 e. The Bertz CT molecular complexity index is 422. The van der Waals surface area contributed by atoms with Crippen LogP contribution >= 0.6 is 11.8 Å². The van der Waals surface area contributed by atoms with Crippen LogP contribution in [0.3, 0.4) is 0 Å². The maximum Gasteiger partial charge on any atom is 0.518 e. The average Bonchev–Trinajstić information content (AvgIpc) is 2.71. The van der Waals surface area contributed by atoms with E-state index in [0.717, 1.165) is 44.6 Å². The summed E-state index contributed by atoms with van der Waals surface area (Å²) in [5.74, 6) is 1.33. The lowest BCUT2D eigenvalue weighted by Gasteiger charge is -2.33. The highest BCUT2D eigenvalue weighted by Crippen LogP contribution is 2.23. The maximum atomic E-state index is 11.2. The van der Waals surface area contributed by atoms with Gasteiger partial charge in [-0.25, -0.2) is 5.48 Å². The quantitative estimate of drug-likeness (QED) is 0.253. The van der Waals surface area contributed by atoms with Crippen LogP contribution in [0.4, 0.5) is 0 Å². The van der Waals surface area contributed by atoms with Crippen LogP contribution in [0.1, 0.15) is 65.7 Å². The molecule has 178 valence electrons. The lowest BCUT2D eigenvalue weighted by molar-refractivity contribution is -0.109.